The lowest BCUT2D eigenvalue weighted by molar-refractivity contribution is -0.147. The van der Waals surface area contributed by atoms with Crippen LogP contribution in [0.1, 0.15) is 19.3 Å². The summed E-state index contributed by atoms with van der Waals surface area (Å²) in [6.07, 6.45) is 2.08. The van der Waals surface area contributed by atoms with Crippen LogP contribution in [0, 0.1) is 22.2 Å². The number of hydrogen-bond donors (Lipinski definition) is 1. The summed E-state index contributed by atoms with van der Waals surface area (Å²) >= 11 is 0. The van der Waals surface area contributed by atoms with Crippen LogP contribution in [0.25, 0.3) is 0 Å². The predicted octanol–water partition coefficient (Wildman–Crippen LogP) is 0.765. The maximum absolute atomic E-state index is 10.6. The highest BCUT2D eigenvalue weighted by atomic mass is 16.4. The van der Waals surface area contributed by atoms with Gasteiger partial charge in [0.05, 0.1) is 16.9 Å². The fourth-order valence-electron chi connectivity index (χ4n) is 1.97. The first-order valence-corrected chi connectivity index (χ1v) is 3.32. The second kappa shape index (κ2) is 1.20. The zero-order valence-corrected chi connectivity index (χ0v) is 5.42. The number of hydrogen-bond acceptors (Lipinski definition) is 2. The van der Waals surface area contributed by atoms with Gasteiger partial charge in [0.2, 0.25) is 0 Å². The SMILES string of the molecule is N#CC12CCC1(C(=O)O)C2. The monoisotopic (exact) mass is 137 g/mol. The summed E-state index contributed by atoms with van der Waals surface area (Å²) in [6, 6.07) is 2.09. The van der Waals surface area contributed by atoms with E-state index in [1.807, 2.05) is 0 Å². The van der Waals surface area contributed by atoms with Gasteiger partial charge in [-0.3, -0.25) is 4.79 Å². The van der Waals surface area contributed by atoms with Crippen molar-refractivity contribution >= 4 is 5.97 Å². The number of rotatable bonds is 1. The van der Waals surface area contributed by atoms with Crippen molar-refractivity contribution in [3.8, 4) is 6.07 Å². The third-order valence-corrected chi connectivity index (χ3v) is 3.00. The number of fused-ring (bicyclic) bond motifs is 1. The van der Waals surface area contributed by atoms with Gasteiger partial charge in [0, 0.05) is 0 Å². The molecule has 2 unspecified atom stereocenters. The molecular formula is C7H7NO2. The van der Waals surface area contributed by atoms with Gasteiger partial charge in [-0.25, -0.2) is 0 Å². The molecule has 0 aliphatic heterocycles. The molecule has 0 aromatic rings. The van der Waals surface area contributed by atoms with Crippen LogP contribution in [0.5, 0.6) is 0 Å². The topological polar surface area (TPSA) is 61.1 Å². The molecule has 0 aromatic carbocycles. The van der Waals surface area contributed by atoms with Crippen molar-refractivity contribution in [2.75, 3.05) is 0 Å². The van der Waals surface area contributed by atoms with E-state index in [4.69, 9.17) is 10.4 Å². The van der Waals surface area contributed by atoms with Crippen molar-refractivity contribution in [1.82, 2.24) is 0 Å². The Hall–Kier alpha value is -1.04. The predicted molar refractivity (Wildman–Crippen MR) is 32.0 cm³/mol. The molecule has 3 heteroatoms. The van der Waals surface area contributed by atoms with E-state index >= 15 is 0 Å². The highest BCUT2D eigenvalue weighted by Gasteiger charge is 2.79. The molecule has 0 spiro atoms. The maximum Gasteiger partial charge on any atom is 0.311 e. The van der Waals surface area contributed by atoms with Crippen LogP contribution < -0.4 is 0 Å². The van der Waals surface area contributed by atoms with Crippen LogP contribution in [-0.2, 0) is 4.79 Å². The largest absolute Gasteiger partial charge is 0.481 e. The summed E-state index contributed by atoms with van der Waals surface area (Å²) in [4.78, 5) is 10.6. The van der Waals surface area contributed by atoms with Crippen molar-refractivity contribution in [2.24, 2.45) is 10.8 Å². The molecule has 3 nitrogen and oxygen atoms in total. The van der Waals surface area contributed by atoms with Crippen LogP contribution in [-0.4, -0.2) is 11.1 Å². The lowest BCUT2D eigenvalue weighted by Gasteiger charge is -2.25. The summed E-state index contributed by atoms with van der Waals surface area (Å²) in [5.74, 6) is -0.777. The molecule has 0 heterocycles. The van der Waals surface area contributed by atoms with Crippen LogP contribution >= 0.6 is 0 Å². The van der Waals surface area contributed by atoms with E-state index in [1.54, 1.807) is 0 Å². The fourth-order valence-corrected chi connectivity index (χ4v) is 1.97. The van der Waals surface area contributed by atoms with Crippen molar-refractivity contribution in [3.05, 3.63) is 0 Å². The number of carboxylic acid groups (broad SMARTS) is 1. The summed E-state index contributed by atoms with van der Waals surface area (Å²) in [6.45, 7) is 0. The second-order valence-corrected chi connectivity index (χ2v) is 3.26. The van der Waals surface area contributed by atoms with Gasteiger partial charge in [-0.2, -0.15) is 5.26 Å². The average molecular weight is 137 g/mol. The van der Waals surface area contributed by atoms with E-state index in [9.17, 15) is 4.79 Å². The van der Waals surface area contributed by atoms with Crippen molar-refractivity contribution < 1.29 is 9.90 Å². The van der Waals surface area contributed by atoms with Crippen LogP contribution in [0.15, 0.2) is 0 Å². The Kier molecular flexibility index (Phi) is 0.684. The Morgan fingerprint density at radius 1 is 1.60 bits per heavy atom. The molecule has 0 radical (unpaired) electrons. The number of nitrogens with zero attached hydrogens (tertiary/aromatic N) is 1. The Morgan fingerprint density at radius 3 is 2.40 bits per heavy atom. The van der Waals surface area contributed by atoms with Crippen molar-refractivity contribution in [2.45, 2.75) is 19.3 Å². The Bertz CT molecular complexity index is 255. The normalized spacial score (nSPS) is 48.3. The lowest BCUT2D eigenvalue weighted by Crippen LogP contribution is -2.31. The molecule has 0 amide bonds. The Labute approximate surface area is 58.3 Å². The number of carbonyl (C=O) groups is 1. The summed E-state index contributed by atoms with van der Waals surface area (Å²) < 4.78 is 0. The van der Waals surface area contributed by atoms with Gasteiger partial charge < -0.3 is 5.11 Å². The molecule has 2 aliphatic carbocycles. The molecule has 0 aromatic heterocycles. The summed E-state index contributed by atoms with van der Waals surface area (Å²) in [5.41, 5.74) is -1.05. The molecule has 2 fully saturated rings. The van der Waals surface area contributed by atoms with Crippen LogP contribution in [0.4, 0.5) is 0 Å². The molecule has 1 N–H and O–H groups in total. The molecule has 0 saturated heterocycles. The molecule has 0 bridgehead atoms. The van der Waals surface area contributed by atoms with E-state index < -0.39 is 16.8 Å². The van der Waals surface area contributed by atoms with Gasteiger partial charge in [-0.1, -0.05) is 0 Å². The van der Waals surface area contributed by atoms with E-state index in [2.05, 4.69) is 6.07 Å². The number of aliphatic carboxylic acids is 1. The van der Waals surface area contributed by atoms with Gasteiger partial charge >= 0.3 is 5.97 Å². The van der Waals surface area contributed by atoms with Crippen molar-refractivity contribution in [1.29, 1.82) is 5.26 Å². The van der Waals surface area contributed by atoms with Gasteiger partial charge in [0.25, 0.3) is 0 Å². The molecular weight excluding hydrogens is 130 g/mol. The minimum absolute atomic E-state index is 0.446. The first kappa shape index (κ1) is 5.72. The zero-order valence-electron chi connectivity index (χ0n) is 5.42. The molecule has 52 valence electrons. The lowest BCUT2D eigenvalue weighted by atomic mass is 9.75. The number of nitriles is 1. The Balaban J connectivity index is 2.29. The highest BCUT2D eigenvalue weighted by molar-refractivity contribution is 5.83. The average Bonchev–Trinajstić information content (AvgIpc) is 2.33. The van der Waals surface area contributed by atoms with Crippen LogP contribution in [0.3, 0.4) is 0 Å². The zero-order chi connectivity index (χ0) is 7.41. The van der Waals surface area contributed by atoms with Gasteiger partial charge in [0.1, 0.15) is 0 Å². The van der Waals surface area contributed by atoms with Crippen LogP contribution in [0.2, 0.25) is 0 Å². The first-order valence-electron chi connectivity index (χ1n) is 3.32. The van der Waals surface area contributed by atoms with E-state index in [1.165, 1.54) is 0 Å². The standard InChI is InChI=1S/C7H7NO2/c8-4-6-1-2-7(6,3-6)5(9)10/h1-3H2,(H,9,10). The van der Waals surface area contributed by atoms with E-state index in [0.29, 0.717) is 12.8 Å². The molecule has 2 aliphatic rings. The summed E-state index contributed by atoms with van der Waals surface area (Å²) in [7, 11) is 0. The van der Waals surface area contributed by atoms with E-state index in [-0.39, 0.29) is 0 Å². The van der Waals surface area contributed by atoms with Crippen molar-refractivity contribution in [3.63, 3.8) is 0 Å². The maximum atomic E-state index is 10.6. The fraction of sp³-hybridized carbons (Fsp3) is 0.714. The first-order chi connectivity index (χ1) is 4.67. The van der Waals surface area contributed by atoms with Gasteiger partial charge in [-0.15, -0.1) is 0 Å². The van der Waals surface area contributed by atoms with Gasteiger partial charge in [-0.05, 0) is 19.3 Å². The number of carboxylic acids is 1. The Morgan fingerprint density at radius 2 is 2.30 bits per heavy atom. The summed E-state index contributed by atoms with van der Waals surface area (Å²) in [5, 5.41) is 17.3. The molecule has 2 atom stereocenters. The van der Waals surface area contributed by atoms with E-state index in [0.717, 1.165) is 6.42 Å². The minimum Gasteiger partial charge on any atom is -0.481 e. The third-order valence-electron chi connectivity index (χ3n) is 3.00. The highest BCUT2D eigenvalue weighted by Crippen LogP contribution is 2.77. The minimum atomic E-state index is -0.777. The third kappa shape index (κ3) is 0.316. The van der Waals surface area contributed by atoms with Gasteiger partial charge in [0.15, 0.2) is 0 Å². The molecule has 10 heavy (non-hydrogen) atoms. The second-order valence-electron chi connectivity index (χ2n) is 3.26. The molecule has 2 rings (SSSR count). The molecule has 2 saturated carbocycles. The quantitative estimate of drug-likeness (QED) is 0.580. The smallest absolute Gasteiger partial charge is 0.311 e.